The Hall–Kier alpha value is -2.10. The number of oxazole rings is 1. The highest BCUT2D eigenvalue weighted by molar-refractivity contribution is 7.12. The predicted octanol–water partition coefficient (Wildman–Crippen LogP) is 1.32. The van der Waals surface area contributed by atoms with Gasteiger partial charge < -0.3 is 14.8 Å². The predicted molar refractivity (Wildman–Crippen MR) is 70.7 cm³/mol. The maximum Gasteiger partial charge on any atom is 0.263 e. The summed E-state index contributed by atoms with van der Waals surface area (Å²) in [6.07, 6.45) is 1.60. The van der Waals surface area contributed by atoms with Crippen molar-refractivity contribution < 1.29 is 14.3 Å². The molecule has 2 heterocycles. The largest absolute Gasteiger partial charge is 0.444 e. The molecular weight excluding hydrogens is 264 g/mol. The van der Waals surface area contributed by atoms with Crippen molar-refractivity contribution in [1.29, 1.82) is 0 Å². The van der Waals surface area contributed by atoms with E-state index in [1.165, 1.54) is 11.3 Å². The van der Waals surface area contributed by atoms with Crippen molar-refractivity contribution >= 4 is 17.2 Å². The topological polar surface area (TPSA) is 75.4 Å². The Bertz CT molecular complexity index is 634. The van der Waals surface area contributed by atoms with Gasteiger partial charge in [-0.3, -0.25) is 4.79 Å². The van der Waals surface area contributed by atoms with E-state index in [1.807, 2.05) is 0 Å². The number of hydrogen-bond acceptors (Lipinski definition) is 5. The maximum atomic E-state index is 12.0. The van der Waals surface area contributed by atoms with Gasteiger partial charge in [-0.1, -0.05) is 11.8 Å². The lowest BCUT2D eigenvalue weighted by atomic mass is 10.2. The number of nitrogens with zero attached hydrogens (tertiary/aromatic N) is 1. The summed E-state index contributed by atoms with van der Waals surface area (Å²) in [5.41, 5.74) is 0.611. The number of aliphatic hydroxyl groups excluding tert-OH is 1. The minimum Gasteiger partial charge on any atom is -0.444 e. The van der Waals surface area contributed by atoms with Crippen LogP contribution in [-0.4, -0.2) is 22.6 Å². The first kappa shape index (κ1) is 13.3. The van der Waals surface area contributed by atoms with Crippen LogP contribution in [-0.2, 0) is 6.54 Å². The van der Waals surface area contributed by atoms with Crippen molar-refractivity contribution in [1.82, 2.24) is 10.3 Å². The molecule has 1 amide bonds. The molecule has 0 bridgehead atoms. The zero-order valence-electron chi connectivity index (χ0n) is 10.3. The third-order valence-corrected chi connectivity index (χ3v) is 3.16. The number of aromatic nitrogens is 1. The van der Waals surface area contributed by atoms with Gasteiger partial charge in [0.1, 0.15) is 17.2 Å². The second-order valence-electron chi connectivity index (χ2n) is 3.67. The Morgan fingerprint density at radius 2 is 2.47 bits per heavy atom. The lowest BCUT2D eigenvalue weighted by Crippen LogP contribution is -2.22. The molecule has 98 valence electrons. The molecule has 2 aromatic rings. The highest BCUT2D eigenvalue weighted by atomic mass is 32.1. The second kappa shape index (κ2) is 6.18. The first-order valence-corrected chi connectivity index (χ1v) is 6.45. The molecule has 0 unspecified atom stereocenters. The van der Waals surface area contributed by atoms with Gasteiger partial charge in [0, 0.05) is 5.56 Å². The molecule has 2 rings (SSSR count). The number of amides is 1. The highest BCUT2D eigenvalue weighted by Crippen LogP contribution is 2.15. The molecule has 0 radical (unpaired) electrons. The van der Waals surface area contributed by atoms with Gasteiger partial charge >= 0.3 is 0 Å². The molecule has 19 heavy (non-hydrogen) atoms. The summed E-state index contributed by atoms with van der Waals surface area (Å²) < 4.78 is 5.26. The molecule has 2 aromatic heterocycles. The van der Waals surface area contributed by atoms with Gasteiger partial charge in [-0.05, 0) is 18.4 Å². The van der Waals surface area contributed by atoms with E-state index in [1.54, 1.807) is 24.6 Å². The van der Waals surface area contributed by atoms with E-state index in [0.29, 0.717) is 22.1 Å². The molecule has 0 saturated heterocycles. The van der Waals surface area contributed by atoms with Crippen molar-refractivity contribution in [2.75, 3.05) is 6.61 Å². The normalized spacial score (nSPS) is 9.79. The molecule has 0 aromatic carbocycles. The van der Waals surface area contributed by atoms with E-state index in [2.05, 4.69) is 22.1 Å². The van der Waals surface area contributed by atoms with Crippen LogP contribution in [0.5, 0.6) is 0 Å². The average molecular weight is 276 g/mol. The van der Waals surface area contributed by atoms with Gasteiger partial charge in [0.2, 0.25) is 5.89 Å². The fraction of sp³-hybridized carbons (Fsp3) is 0.231. The molecule has 0 aliphatic heterocycles. The fourth-order valence-corrected chi connectivity index (χ4v) is 2.20. The van der Waals surface area contributed by atoms with Gasteiger partial charge in [0.05, 0.1) is 12.7 Å². The lowest BCUT2D eigenvalue weighted by molar-refractivity contribution is 0.0951. The van der Waals surface area contributed by atoms with Crippen LogP contribution in [0.4, 0.5) is 0 Å². The van der Waals surface area contributed by atoms with Gasteiger partial charge in [-0.25, -0.2) is 4.98 Å². The number of rotatable bonds is 3. The number of thiophene rings is 1. The van der Waals surface area contributed by atoms with Crippen LogP contribution in [0.25, 0.3) is 0 Å². The van der Waals surface area contributed by atoms with E-state index in [9.17, 15) is 4.79 Å². The summed E-state index contributed by atoms with van der Waals surface area (Å²) in [5, 5.41) is 13.2. The number of aliphatic hydroxyl groups is 1. The summed E-state index contributed by atoms with van der Waals surface area (Å²) in [6, 6.07) is 1.75. The van der Waals surface area contributed by atoms with E-state index >= 15 is 0 Å². The minimum atomic E-state index is -0.230. The van der Waals surface area contributed by atoms with E-state index in [-0.39, 0.29) is 19.1 Å². The van der Waals surface area contributed by atoms with Gasteiger partial charge in [0.15, 0.2) is 0 Å². The van der Waals surface area contributed by atoms with Gasteiger partial charge in [-0.15, -0.1) is 11.3 Å². The van der Waals surface area contributed by atoms with Crippen LogP contribution in [0.2, 0.25) is 0 Å². The van der Waals surface area contributed by atoms with Crippen molar-refractivity contribution in [3.8, 4) is 11.8 Å². The molecule has 0 atom stereocenters. The molecule has 0 aliphatic rings. The first-order chi connectivity index (χ1) is 9.20. The van der Waals surface area contributed by atoms with Crippen molar-refractivity contribution in [3.05, 3.63) is 39.7 Å². The summed E-state index contributed by atoms with van der Waals surface area (Å²) in [4.78, 5) is 16.5. The Kier molecular flexibility index (Phi) is 4.34. The average Bonchev–Trinajstić information content (AvgIpc) is 3.02. The molecule has 0 aliphatic carbocycles. The van der Waals surface area contributed by atoms with Crippen molar-refractivity contribution in [2.45, 2.75) is 13.5 Å². The number of hydrogen-bond donors (Lipinski definition) is 2. The summed E-state index contributed by atoms with van der Waals surface area (Å²) in [7, 11) is 0. The summed E-state index contributed by atoms with van der Waals surface area (Å²) in [6.45, 7) is 1.80. The number of aryl methyl sites for hydroxylation is 1. The first-order valence-electron chi connectivity index (χ1n) is 5.57. The molecule has 0 spiro atoms. The molecular formula is C13H12N2O3S. The molecule has 0 fully saturated rings. The van der Waals surface area contributed by atoms with Crippen LogP contribution in [0.3, 0.4) is 0 Å². The van der Waals surface area contributed by atoms with Crippen molar-refractivity contribution in [2.24, 2.45) is 0 Å². The van der Waals surface area contributed by atoms with Crippen LogP contribution >= 0.6 is 11.3 Å². The third-order valence-electron chi connectivity index (χ3n) is 2.24. The van der Waals surface area contributed by atoms with Gasteiger partial charge in [0.25, 0.3) is 5.91 Å². The summed E-state index contributed by atoms with van der Waals surface area (Å²) >= 11 is 1.30. The van der Waals surface area contributed by atoms with Crippen LogP contribution in [0, 0.1) is 18.8 Å². The number of nitrogens with one attached hydrogen (secondary N) is 1. The Morgan fingerprint density at radius 1 is 1.63 bits per heavy atom. The second-order valence-corrected chi connectivity index (χ2v) is 4.59. The number of carbonyl (C=O) groups excluding carboxylic acids is 1. The smallest absolute Gasteiger partial charge is 0.263 e. The van der Waals surface area contributed by atoms with Gasteiger partial charge in [-0.2, -0.15) is 0 Å². The monoisotopic (exact) mass is 276 g/mol. The molecule has 6 heteroatoms. The van der Waals surface area contributed by atoms with Crippen LogP contribution in [0.15, 0.2) is 22.1 Å². The Morgan fingerprint density at radius 3 is 3.16 bits per heavy atom. The number of carbonyl (C=O) groups is 1. The van der Waals surface area contributed by atoms with Crippen LogP contribution in [0.1, 0.15) is 26.9 Å². The van der Waals surface area contributed by atoms with E-state index < -0.39 is 0 Å². The standard InChI is InChI=1S/C13H12N2O3S/c1-9-7-14-11(18-9)8-15-13(17)12-10(3-2-5-16)4-6-19-12/h4,6-7,16H,5,8H2,1H3,(H,15,17). The highest BCUT2D eigenvalue weighted by Gasteiger charge is 2.12. The minimum absolute atomic E-state index is 0.229. The molecule has 5 nitrogen and oxygen atoms in total. The quantitative estimate of drug-likeness (QED) is 0.829. The lowest BCUT2D eigenvalue weighted by Gasteiger charge is -2.00. The fourth-order valence-electron chi connectivity index (χ4n) is 1.44. The van der Waals surface area contributed by atoms with E-state index in [4.69, 9.17) is 9.52 Å². The zero-order chi connectivity index (χ0) is 13.7. The Balaban J connectivity index is 2.02. The third kappa shape index (κ3) is 3.44. The maximum absolute atomic E-state index is 12.0. The zero-order valence-corrected chi connectivity index (χ0v) is 11.1. The molecule has 0 saturated carbocycles. The SMILES string of the molecule is Cc1cnc(CNC(=O)c2sccc2C#CCO)o1. The Labute approximate surface area is 114 Å². The van der Waals surface area contributed by atoms with Crippen molar-refractivity contribution in [3.63, 3.8) is 0 Å². The van der Waals surface area contributed by atoms with Crippen LogP contribution < -0.4 is 5.32 Å². The molecule has 2 N–H and O–H groups in total. The summed E-state index contributed by atoms with van der Waals surface area (Å²) in [5.74, 6) is 6.20. The van der Waals surface area contributed by atoms with E-state index in [0.717, 1.165) is 0 Å².